The van der Waals surface area contributed by atoms with Gasteiger partial charge in [-0.15, -0.1) is 0 Å². The summed E-state index contributed by atoms with van der Waals surface area (Å²) < 4.78 is 2.18. The Labute approximate surface area is 339 Å². The van der Waals surface area contributed by atoms with Crippen molar-refractivity contribution in [3.8, 4) is 56.4 Å². The zero-order valence-electron chi connectivity index (χ0n) is 31.8. The van der Waals surface area contributed by atoms with Crippen LogP contribution in [0.2, 0.25) is 0 Å². The molecule has 5 nitrogen and oxygen atoms in total. The molecule has 0 saturated heterocycles. The number of fused-ring (bicyclic) bond motifs is 8. The van der Waals surface area contributed by atoms with E-state index in [1.54, 1.807) is 0 Å². The quantitative estimate of drug-likeness (QED) is 0.164. The number of imidazole rings is 1. The molecule has 0 amide bonds. The number of nitrogens with zero attached hydrogens (tertiary/aromatic N) is 5. The second kappa shape index (κ2) is 13.3. The van der Waals surface area contributed by atoms with Crippen molar-refractivity contribution >= 4 is 59.8 Å². The lowest BCUT2D eigenvalue weighted by Crippen LogP contribution is -1.97. The van der Waals surface area contributed by atoms with Crippen LogP contribution in [0.3, 0.4) is 0 Å². The third kappa shape index (κ3) is 5.47. The smallest absolute Gasteiger partial charge is 0.137 e. The number of pyridine rings is 4. The maximum absolute atomic E-state index is 5.43. The van der Waals surface area contributed by atoms with Gasteiger partial charge in [0.05, 0.1) is 45.2 Å². The first kappa shape index (κ1) is 33.2. The number of hydrogen-bond acceptors (Lipinski definition) is 4. The van der Waals surface area contributed by atoms with Crippen molar-refractivity contribution in [3.63, 3.8) is 0 Å². The van der Waals surface area contributed by atoms with E-state index in [9.17, 15) is 0 Å². The Morgan fingerprint density at radius 2 is 0.847 bits per heavy atom. The minimum absolute atomic E-state index is 0.794. The van der Waals surface area contributed by atoms with Crippen molar-refractivity contribution in [2.45, 2.75) is 0 Å². The molecule has 0 N–H and O–H groups in total. The van der Waals surface area contributed by atoms with Gasteiger partial charge in [0.15, 0.2) is 0 Å². The lowest BCUT2D eigenvalue weighted by Gasteiger charge is -2.15. The molecule has 5 heterocycles. The molecular formula is C54H33N5. The maximum Gasteiger partial charge on any atom is 0.137 e. The molecule has 0 aliphatic heterocycles. The monoisotopic (exact) mass is 751 g/mol. The molecule has 5 heteroatoms. The van der Waals surface area contributed by atoms with Crippen molar-refractivity contribution in [1.29, 1.82) is 0 Å². The fourth-order valence-electron chi connectivity index (χ4n) is 8.77. The van der Waals surface area contributed by atoms with Gasteiger partial charge in [-0.1, -0.05) is 152 Å². The molecular weight excluding hydrogens is 719 g/mol. The summed E-state index contributed by atoms with van der Waals surface area (Å²) in [6.45, 7) is 0. The van der Waals surface area contributed by atoms with E-state index in [1.165, 1.54) is 16.2 Å². The molecule has 59 heavy (non-hydrogen) atoms. The summed E-state index contributed by atoms with van der Waals surface area (Å²) in [5.74, 6) is 0. The molecule has 7 aromatic carbocycles. The molecule has 0 radical (unpaired) electrons. The Morgan fingerprint density at radius 3 is 1.58 bits per heavy atom. The van der Waals surface area contributed by atoms with Crippen LogP contribution in [0.25, 0.3) is 116 Å². The van der Waals surface area contributed by atoms with E-state index in [-0.39, 0.29) is 0 Å². The van der Waals surface area contributed by atoms with E-state index in [0.717, 1.165) is 100 Å². The third-order valence-electron chi connectivity index (χ3n) is 11.6. The average Bonchev–Trinajstić information content (AvgIpc) is 3.70. The van der Waals surface area contributed by atoms with Gasteiger partial charge >= 0.3 is 0 Å². The van der Waals surface area contributed by atoms with E-state index in [0.29, 0.717) is 0 Å². The van der Waals surface area contributed by atoms with Crippen molar-refractivity contribution in [1.82, 2.24) is 24.3 Å². The SMILES string of the molecule is c1ccc2cc(-c3nc4ccccn4c3-c3ccc(-c4cc(-c5nc6ccccc6c6ccccc56)cc(-c5nc6ccccc6c6ccccc56)n4)cc3)ccc2c1. The van der Waals surface area contributed by atoms with Crippen LogP contribution in [-0.4, -0.2) is 24.3 Å². The van der Waals surface area contributed by atoms with Gasteiger partial charge in [-0.25, -0.2) is 19.9 Å². The molecule has 0 unspecified atom stereocenters. The molecule has 5 aromatic heterocycles. The minimum atomic E-state index is 0.794. The normalized spacial score (nSPS) is 11.7. The highest BCUT2D eigenvalue weighted by atomic mass is 15.0. The van der Waals surface area contributed by atoms with Crippen LogP contribution in [-0.2, 0) is 0 Å². The summed E-state index contributed by atoms with van der Waals surface area (Å²) in [5.41, 5.74) is 12.3. The Balaban J connectivity index is 1.07. The fourth-order valence-corrected chi connectivity index (χ4v) is 8.77. The van der Waals surface area contributed by atoms with Crippen LogP contribution in [0, 0.1) is 0 Å². The number of para-hydroxylation sites is 2. The summed E-state index contributed by atoms with van der Waals surface area (Å²) in [6.07, 6.45) is 2.09. The average molecular weight is 752 g/mol. The van der Waals surface area contributed by atoms with Crippen LogP contribution < -0.4 is 0 Å². The number of hydrogen-bond donors (Lipinski definition) is 0. The Morgan fingerprint density at radius 1 is 0.305 bits per heavy atom. The molecule has 12 rings (SSSR count). The van der Waals surface area contributed by atoms with Crippen LogP contribution in [0.5, 0.6) is 0 Å². The van der Waals surface area contributed by atoms with Crippen LogP contribution >= 0.6 is 0 Å². The first-order chi connectivity index (χ1) is 29.2. The van der Waals surface area contributed by atoms with Crippen LogP contribution in [0.1, 0.15) is 0 Å². The fraction of sp³-hybridized carbons (Fsp3) is 0. The van der Waals surface area contributed by atoms with E-state index in [1.807, 2.05) is 12.1 Å². The predicted molar refractivity (Wildman–Crippen MR) is 243 cm³/mol. The number of benzene rings is 7. The van der Waals surface area contributed by atoms with E-state index < -0.39 is 0 Å². The second-order valence-electron chi connectivity index (χ2n) is 15.0. The van der Waals surface area contributed by atoms with E-state index in [4.69, 9.17) is 19.9 Å². The highest BCUT2D eigenvalue weighted by Gasteiger charge is 2.20. The van der Waals surface area contributed by atoms with Gasteiger partial charge in [-0.2, -0.15) is 0 Å². The lowest BCUT2D eigenvalue weighted by molar-refractivity contribution is 1.19. The van der Waals surface area contributed by atoms with Crippen LogP contribution in [0.15, 0.2) is 200 Å². The van der Waals surface area contributed by atoms with Crippen molar-refractivity contribution in [2.75, 3.05) is 0 Å². The summed E-state index contributed by atoms with van der Waals surface area (Å²) in [5, 5.41) is 9.12. The van der Waals surface area contributed by atoms with Crippen molar-refractivity contribution in [2.24, 2.45) is 0 Å². The highest BCUT2D eigenvalue weighted by molar-refractivity contribution is 6.12. The molecule has 0 fully saturated rings. The maximum atomic E-state index is 5.43. The molecule has 0 aliphatic carbocycles. The summed E-state index contributed by atoms with van der Waals surface area (Å²) >= 11 is 0. The highest BCUT2D eigenvalue weighted by Crippen LogP contribution is 2.40. The van der Waals surface area contributed by atoms with Gasteiger partial charge in [0.25, 0.3) is 0 Å². The van der Waals surface area contributed by atoms with Crippen molar-refractivity contribution < 1.29 is 0 Å². The molecule has 0 aliphatic rings. The molecule has 0 atom stereocenters. The second-order valence-corrected chi connectivity index (χ2v) is 15.0. The molecule has 274 valence electrons. The van der Waals surface area contributed by atoms with Gasteiger partial charge < -0.3 is 0 Å². The standard InChI is InChI=1S/C54H33N5/c1-2-14-37-31-38(29-24-34(37)13-1)52-54(59-30-12-11-23-50(59)58-52)36-27-25-35(26-28-36)48-32-39(51-44-19-5-3-15-40(44)42-17-7-9-21-46(42)56-51)33-49(55-48)53-45-20-6-4-16-41(45)43-18-8-10-22-47(43)57-53/h1-33H. The number of rotatable bonds is 5. The molecule has 0 saturated carbocycles. The first-order valence-corrected chi connectivity index (χ1v) is 19.9. The predicted octanol–water partition coefficient (Wildman–Crippen LogP) is 13.6. The van der Waals surface area contributed by atoms with Crippen LogP contribution in [0.4, 0.5) is 0 Å². The molecule has 0 bridgehead atoms. The number of aromatic nitrogens is 5. The Kier molecular flexibility index (Phi) is 7.47. The van der Waals surface area contributed by atoms with E-state index in [2.05, 4.69) is 193 Å². The minimum Gasteiger partial charge on any atom is -0.299 e. The summed E-state index contributed by atoms with van der Waals surface area (Å²) in [6, 6.07) is 68.1. The Bertz CT molecular complexity index is 3490. The van der Waals surface area contributed by atoms with E-state index >= 15 is 0 Å². The van der Waals surface area contributed by atoms with Gasteiger partial charge in [-0.05, 0) is 64.0 Å². The van der Waals surface area contributed by atoms with Gasteiger partial charge in [0.2, 0.25) is 0 Å². The zero-order chi connectivity index (χ0) is 38.9. The molecule has 12 aromatic rings. The first-order valence-electron chi connectivity index (χ1n) is 19.9. The Hall–Kier alpha value is -8.02. The van der Waals surface area contributed by atoms with Gasteiger partial charge in [0.1, 0.15) is 5.65 Å². The van der Waals surface area contributed by atoms with Gasteiger partial charge in [0, 0.05) is 50.0 Å². The zero-order valence-corrected chi connectivity index (χ0v) is 31.8. The van der Waals surface area contributed by atoms with Gasteiger partial charge in [-0.3, -0.25) is 4.40 Å². The lowest BCUT2D eigenvalue weighted by atomic mass is 9.96. The topological polar surface area (TPSA) is 56.0 Å². The largest absolute Gasteiger partial charge is 0.299 e. The van der Waals surface area contributed by atoms with Crippen molar-refractivity contribution in [3.05, 3.63) is 200 Å². The molecule has 0 spiro atoms. The third-order valence-corrected chi connectivity index (χ3v) is 11.6. The summed E-state index contributed by atoms with van der Waals surface area (Å²) in [4.78, 5) is 21.2. The summed E-state index contributed by atoms with van der Waals surface area (Å²) in [7, 11) is 0.